The van der Waals surface area contributed by atoms with E-state index in [0.717, 1.165) is 12.1 Å². The van der Waals surface area contributed by atoms with Crippen LogP contribution in [0.2, 0.25) is 0 Å². The highest BCUT2D eigenvalue weighted by Gasteiger charge is 2.31. The summed E-state index contributed by atoms with van der Waals surface area (Å²) in [7, 11) is 0. The number of aromatic nitrogens is 1. The van der Waals surface area contributed by atoms with Gasteiger partial charge in [-0.1, -0.05) is 0 Å². The lowest BCUT2D eigenvalue weighted by molar-refractivity contribution is -0.137. The van der Waals surface area contributed by atoms with E-state index in [1.165, 1.54) is 0 Å². The molecule has 0 spiro atoms. The topological polar surface area (TPSA) is 72.0 Å². The quantitative estimate of drug-likeness (QED) is 0.661. The number of aromatic amines is 1. The van der Waals surface area contributed by atoms with Crippen LogP contribution in [0, 0.1) is 0 Å². The van der Waals surface area contributed by atoms with E-state index in [4.69, 9.17) is 5.73 Å². The average Bonchev–Trinajstić information content (AvgIpc) is 2.44. The number of benzene rings is 1. The molecule has 80 valence electrons. The Labute approximate surface area is 80.5 Å². The van der Waals surface area contributed by atoms with E-state index in [-0.39, 0.29) is 16.8 Å². The summed E-state index contributed by atoms with van der Waals surface area (Å²) in [4.78, 5) is 12.9. The molecule has 1 aromatic heterocycles. The van der Waals surface area contributed by atoms with Gasteiger partial charge in [-0.25, -0.2) is 4.79 Å². The van der Waals surface area contributed by atoms with Crippen molar-refractivity contribution < 1.29 is 17.6 Å². The van der Waals surface area contributed by atoms with Gasteiger partial charge < -0.3 is 10.2 Å². The molecular weight excluding hydrogens is 213 g/mol. The number of nitrogen functional groups attached to an aromatic ring is 1. The number of oxazole rings is 1. The number of rotatable bonds is 0. The molecule has 0 aliphatic rings. The Hall–Kier alpha value is -1.92. The van der Waals surface area contributed by atoms with E-state index < -0.39 is 17.5 Å². The van der Waals surface area contributed by atoms with E-state index in [0.29, 0.717) is 0 Å². The van der Waals surface area contributed by atoms with Crippen LogP contribution in [-0.4, -0.2) is 4.98 Å². The van der Waals surface area contributed by atoms with Gasteiger partial charge in [0.15, 0.2) is 5.58 Å². The molecule has 0 saturated carbocycles. The fourth-order valence-electron chi connectivity index (χ4n) is 1.24. The van der Waals surface area contributed by atoms with Crippen molar-refractivity contribution in [2.75, 3.05) is 5.73 Å². The Morgan fingerprint density at radius 3 is 2.60 bits per heavy atom. The zero-order valence-corrected chi connectivity index (χ0v) is 7.18. The SMILES string of the molecule is Nc1cc(C(F)(F)F)cc2oc(=O)[nH]c12. The van der Waals surface area contributed by atoms with Crippen molar-refractivity contribution in [2.24, 2.45) is 0 Å². The smallest absolute Gasteiger partial charge is 0.408 e. The maximum absolute atomic E-state index is 12.3. The van der Waals surface area contributed by atoms with Crippen molar-refractivity contribution in [2.45, 2.75) is 6.18 Å². The van der Waals surface area contributed by atoms with E-state index >= 15 is 0 Å². The lowest BCUT2D eigenvalue weighted by atomic mass is 10.2. The summed E-state index contributed by atoms with van der Waals surface area (Å²) >= 11 is 0. The summed E-state index contributed by atoms with van der Waals surface area (Å²) in [6.45, 7) is 0. The minimum absolute atomic E-state index is 0.0769. The molecule has 0 saturated heterocycles. The van der Waals surface area contributed by atoms with Gasteiger partial charge in [0.2, 0.25) is 0 Å². The van der Waals surface area contributed by atoms with Gasteiger partial charge in [0.1, 0.15) is 5.52 Å². The number of H-pyrrole nitrogens is 1. The molecule has 0 amide bonds. The minimum Gasteiger partial charge on any atom is -0.408 e. The van der Waals surface area contributed by atoms with Crippen molar-refractivity contribution in [3.05, 3.63) is 28.2 Å². The summed E-state index contributed by atoms with van der Waals surface area (Å²) < 4.78 is 41.4. The molecule has 2 aromatic rings. The molecule has 7 heteroatoms. The van der Waals surface area contributed by atoms with Crippen molar-refractivity contribution in [3.8, 4) is 0 Å². The molecule has 1 heterocycles. The zero-order chi connectivity index (χ0) is 11.2. The first-order valence-corrected chi connectivity index (χ1v) is 3.87. The molecule has 2 rings (SSSR count). The zero-order valence-electron chi connectivity index (χ0n) is 7.18. The highest BCUT2D eigenvalue weighted by molar-refractivity contribution is 5.85. The van der Waals surface area contributed by atoms with Crippen molar-refractivity contribution in [1.82, 2.24) is 4.98 Å². The standard InChI is InChI=1S/C8H5F3N2O2/c9-8(10,11)3-1-4(12)6-5(2-3)15-7(14)13-6/h1-2H,12H2,(H,13,14). The molecule has 0 aliphatic heterocycles. The highest BCUT2D eigenvalue weighted by atomic mass is 19.4. The number of alkyl halides is 3. The predicted molar refractivity (Wildman–Crippen MR) is 46.2 cm³/mol. The average molecular weight is 218 g/mol. The van der Waals surface area contributed by atoms with Crippen LogP contribution in [0.5, 0.6) is 0 Å². The molecule has 4 nitrogen and oxygen atoms in total. The molecule has 0 bridgehead atoms. The molecular formula is C8H5F3N2O2. The van der Waals surface area contributed by atoms with E-state index in [2.05, 4.69) is 9.40 Å². The van der Waals surface area contributed by atoms with Gasteiger partial charge in [0.25, 0.3) is 0 Å². The monoisotopic (exact) mass is 218 g/mol. The van der Waals surface area contributed by atoms with E-state index in [1.54, 1.807) is 0 Å². The lowest BCUT2D eigenvalue weighted by Crippen LogP contribution is -2.05. The minimum atomic E-state index is -4.52. The van der Waals surface area contributed by atoms with Crippen LogP contribution in [0.3, 0.4) is 0 Å². The van der Waals surface area contributed by atoms with Crippen LogP contribution in [0.4, 0.5) is 18.9 Å². The number of nitrogens with one attached hydrogen (secondary N) is 1. The summed E-state index contributed by atoms with van der Waals surface area (Å²) in [5.41, 5.74) is 4.09. The normalized spacial score (nSPS) is 12.2. The molecule has 15 heavy (non-hydrogen) atoms. The second kappa shape index (κ2) is 2.78. The van der Waals surface area contributed by atoms with Crippen molar-refractivity contribution in [1.29, 1.82) is 0 Å². The number of halogens is 3. The van der Waals surface area contributed by atoms with Gasteiger partial charge in [-0.05, 0) is 12.1 Å². The van der Waals surface area contributed by atoms with Crippen LogP contribution >= 0.6 is 0 Å². The first-order chi connectivity index (χ1) is 6.88. The fourth-order valence-corrected chi connectivity index (χ4v) is 1.24. The lowest BCUT2D eigenvalue weighted by Gasteiger charge is -2.06. The maximum atomic E-state index is 12.3. The second-order valence-electron chi connectivity index (χ2n) is 2.95. The number of hydrogen-bond donors (Lipinski definition) is 2. The Bertz CT molecular complexity index is 567. The highest BCUT2D eigenvalue weighted by Crippen LogP contribution is 2.33. The van der Waals surface area contributed by atoms with Gasteiger partial charge in [0, 0.05) is 0 Å². The summed E-state index contributed by atoms with van der Waals surface area (Å²) in [6.07, 6.45) is -4.52. The van der Waals surface area contributed by atoms with Crippen molar-refractivity contribution in [3.63, 3.8) is 0 Å². The molecule has 0 atom stereocenters. The Morgan fingerprint density at radius 1 is 1.33 bits per heavy atom. The van der Waals surface area contributed by atoms with Crippen LogP contribution in [0.15, 0.2) is 21.3 Å². The fraction of sp³-hybridized carbons (Fsp3) is 0.125. The van der Waals surface area contributed by atoms with Gasteiger partial charge >= 0.3 is 11.9 Å². The van der Waals surface area contributed by atoms with E-state index in [1.807, 2.05) is 0 Å². The number of fused-ring (bicyclic) bond motifs is 1. The second-order valence-corrected chi connectivity index (χ2v) is 2.95. The predicted octanol–water partition coefficient (Wildman–Crippen LogP) is 1.72. The van der Waals surface area contributed by atoms with Crippen molar-refractivity contribution >= 4 is 16.8 Å². The van der Waals surface area contributed by atoms with Crippen LogP contribution < -0.4 is 11.5 Å². The maximum Gasteiger partial charge on any atom is 0.417 e. The molecule has 1 aromatic carbocycles. The summed E-state index contributed by atoms with van der Waals surface area (Å²) in [5, 5.41) is 0. The van der Waals surface area contributed by atoms with Crippen LogP contribution in [0.1, 0.15) is 5.56 Å². The Balaban J connectivity index is 2.78. The van der Waals surface area contributed by atoms with Crippen LogP contribution in [-0.2, 0) is 6.18 Å². The molecule has 0 fully saturated rings. The molecule has 3 N–H and O–H groups in total. The molecule has 0 unspecified atom stereocenters. The Morgan fingerprint density at radius 2 is 2.00 bits per heavy atom. The summed E-state index contributed by atoms with van der Waals surface area (Å²) in [6, 6.07) is 1.47. The third kappa shape index (κ3) is 1.56. The van der Waals surface area contributed by atoms with Gasteiger partial charge in [0.05, 0.1) is 11.3 Å². The number of nitrogens with two attached hydrogens (primary N) is 1. The largest absolute Gasteiger partial charge is 0.417 e. The Kier molecular flexibility index (Phi) is 1.79. The van der Waals surface area contributed by atoms with Crippen LogP contribution in [0.25, 0.3) is 11.1 Å². The molecule has 0 aliphatic carbocycles. The first kappa shape index (κ1) is 9.63. The van der Waals surface area contributed by atoms with Gasteiger partial charge in [-0.3, -0.25) is 4.98 Å². The summed E-state index contributed by atoms with van der Waals surface area (Å²) in [5.74, 6) is -0.837. The van der Waals surface area contributed by atoms with Gasteiger partial charge in [-0.2, -0.15) is 13.2 Å². The number of hydrogen-bond acceptors (Lipinski definition) is 3. The van der Waals surface area contributed by atoms with Gasteiger partial charge in [-0.15, -0.1) is 0 Å². The third-order valence-electron chi connectivity index (χ3n) is 1.89. The first-order valence-electron chi connectivity index (χ1n) is 3.87. The molecule has 0 radical (unpaired) electrons. The number of anilines is 1. The third-order valence-corrected chi connectivity index (χ3v) is 1.89. The van der Waals surface area contributed by atoms with E-state index in [9.17, 15) is 18.0 Å².